The lowest BCUT2D eigenvalue weighted by atomic mass is 9.84. The van der Waals surface area contributed by atoms with Crippen LogP contribution in [0.4, 0.5) is 0 Å². The van der Waals surface area contributed by atoms with E-state index < -0.39 is 0 Å². The second kappa shape index (κ2) is 11.4. The Balaban J connectivity index is 0.00000320. The Kier molecular flexibility index (Phi) is 9.49. The van der Waals surface area contributed by atoms with Gasteiger partial charge in [-0.15, -0.1) is 24.0 Å². The number of hydrogen-bond donors (Lipinski definition) is 1. The van der Waals surface area contributed by atoms with Gasteiger partial charge in [-0.2, -0.15) is 0 Å². The van der Waals surface area contributed by atoms with Crippen molar-refractivity contribution in [3.8, 4) is 11.5 Å². The van der Waals surface area contributed by atoms with Crippen molar-refractivity contribution < 1.29 is 18.9 Å². The minimum absolute atomic E-state index is 0. The van der Waals surface area contributed by atoms with Gasteiger partial charge in [-0.3, -0.25) is 4.99 Å². The van der Waals surface area contributed by atoms with Gasteiger partial charge in [0.2, 0.25) is 0 Å². The summed E-state index contributed by atoms with van der Waals surface area (Å²) in [7, 11) is 5.15. The Morgan fingerprint density at radius 2 is 1.90 bits per heavy atom. The number of rotatable bonds is 6. The highest BCUT2D eigenvalue weighted by molar-refractivity contribution is 14.0. The Morgan fingerprint density at radius 1 is 1.17 bits per heavy atom. The normalized spacial score (nSPS) is 22.4. The second-order valence-corrected chi connectivity index (χ2v) is 8.26. The van der Waals surface area contributed by atoms with Gasteiger partial charge in [-0.25, -0.2) is 0 Å². The molecule has 2 saturated heterocycles. The van der Waals surface area contributed by atoms with Gasteiger partial charge < -0.3 is 29.2 Å². The van der Waals surface area contributed by atoms with E-state index in [1.54, 1.807) is 14.2 Å². The van der Waals surface area contributed by atoms with Crippen LogP contribution in [0.3, 0.4) is 0 Å². The van der Waals surface area contributed by atoms with Gasteiger partial charge in [-0.05, 0) is 30.5 Å². The summed E-state index contributed by atoms with van der Waals surface area (Å²) in [5.41, 5.74) is 1.06. The fourth-order valence-corrected chi connectivity index (χ4v) is 3.98. The molecule has 2 atom stereocenters. The highest BCUT2D eigenvalue weighted by Gasteiger charge is 2.32. The number of hydrogen-bond acceptors (Lipinski definition) is 5. The van der Waals surface area contributed by atoms with Crippen molar-refractivity contribution in [3.63, 3.8) is 0 Å². The molecule has 3 rings (SSSR count). The van der Waals surface area contributed by atoms with Gasteiger partial charge in [0.15, 0.2) is 17.5 Å². The first-order valence-corrected chi connectivity index (χ1v) is 10.4. The van der Waals surface area contributed by atoms with Crippen LogP contribution in [0.5, 0.6) is 11.5 Å². The van der Waals surface area contributed by atoms with Crippen LogP contribution in [0, 0.1) is 0 Å². The molecule has 2 fully saturated rings. The van der Waals surface area contributed by atoms with Crippen LogP contribution in [0.2, 0.25) is 0 Å². The zero-order chi connectivity index (χ0) is 20.9. The van der Waals surface area contributed by atoms with Crippen LogP contribution in [-0.4, -0.2) is 77.2 Å². The predicted octanol–water partition coefficient (Wildman–Crippen LogP) is 3.05. The summed E-state index contributed by atoms with van der Waals surface area (Å²) in [4.78, 5) is 6.80. The maximum absolute atomic E-state index is 5.97. The summed E-state index contributed by atoms with van der Waals surface area (Å²) in [5.74, 6) is 2.39. The predicted molar refractivity (Wildman–Crippen MR) is 130 cm³/mol. The topological polar surface area (TPSA) is 64.6 Å². The van der Waals surface area contributed by atoms with E-state index in [2.05, 4.69) is 35.1 Å². The van der Waals surface area contributed by atoms with E-state index in [1.165, 1.54) is 5.56 Å². The Hall–Kier alpha value is -1.26. The fraction of sp³-hybridized carbons (Fsp3) is 0.682. The first kappa shape index (κ1) is 25.0. The van der Waals surface area contributed by atoms with Crippen LogP contribution in [0.25, 0.3) is 0 Å². The molecule has 170 valence electrons. The van der Waals surface area contributed by atoms with Gasteiger partial charge in [0.25, 0.3) is 0 Å². The van der Waals surface area contributed by atoms with Gasteiger partial charge in [0, 0.05) is 38.7 Å². The molecule has 0 aromatic heterocycles. The van der Waals surface area contributed by atoms with Gasteiger partial charge in [0.05, 0.1) is 26.9 Å². The van der Waals surface area contributed by atoms with Crippen molar-refractivity contribution in [2.75, 3.05) is 54.1 Å². The minimum Gasteiger partial charge on any atom is -0.493 e. The summed E-state index contributed by atoms with van der Waals surface area (Å²) in [5, 5.41) is 3.56. The first-order chi connectivity index (χ1) is 14.0. The number of morpholine rings is 1. The third-order valence-electron chi connectivity index (χ3n) is 5.84. The lowest BCUT2D eigenvalue weighted by Gasteiger charge is -2.38. The lowest BCUT2D eigenvalue weighted by Crippen LogP contribution is -2.54. The monoisotopic (exact) mass is 533 g/mol. The number of ether oxygens (including phenoxy) is 4. The van der Waals surface area contributed by atoms with Gasteiger partial charge in [0.1, 0.15) is 6.10 Å². The molecule has 7 nitrogen and oxygen atoms in total. The Labute approximate surface area is 197 Å². The molecule has 1 N–H and O–H groups in total. The number of benzene rings is 1. The molecule has 2 unspecified atom stereocenters. The number of halogens is 1. The van der Waals surface area contributed by atoms with Gasteiger partial charge >= 0.3 is 0 Å². The van der Waals surface area contributed by atoms with E-state index in [-0.39, 0.29) is 41.6 Å². The molecule has 0 radical (unpaired) electrons. The van der Waals surface area contributed by atoms with Crippen molar-refractivity contribution in [1.82, 2.24) is 10.2 Å². The van der Waals surface area contributed by atoms with Crippen molar-refractivity contribution in [2.45, 2.75) is 44.3 Å². The molecule has 1 aromatic carbocycles. The first-order valence-electron chi connectivity index (χ1n) is 10.4. The Morgan fingerprint density at radius 3 is 2.53 bits per heavy atom. The number of nitrogens with zero attached hydrogens (tertiary/aromatic N) is 2. The van der Waals surface area contributed by atoms with Crippen molar-refractivity contribution >= 4 is 29.9 Å². The van der Waals surface area contributed by atoms with Crippen LogP contribution in [0.15, 0.2) is 23.2 Å². The maximum atomic E-state index is 5.97. The molecular weight excluding hydrogens is 497 g/mol. The van der Waals surface area contributed by atoms with Gasteiger partial charge in [-0.1, -0.05) is 19.9 Å². The zero-order valence-corrected chi connectivity index (χ0v) is 21.1. The molecule has 2 aliphatic heterocycles. The standard InChI is InChI=1S/C22H35N3O4.HI/c1-22(2,16-8-9-17(26-4)19(13-16)27-5)15-24-21(23-3)25-10-12-29-20(14-25)18-7-6-11-28-18;/h8-9,13,18,20H,6-7,10-12,14-15H2,1-5H3,(H,23,24);1H. The third-order valence-corrected chi connectivity index (χ3v) is 5.84. The van der Waals surface area contributed by atoms with Crippen molar-refractivity contribution in [2.24, 2.45) is 4.99 Å². The summed E-state index contributed by atoms with van der Waals surface area (Å²) in [6.07, 6.45) is 2.52. The van der Waals surface area contributed by atoms with E-state index in [0.29, 0.717) is 6.61 Å². The number of guanidine groups is 1. The van der Waals surface area contributed by atoms with E-state index >= 15 is 0 Å². The van der Waals surface area contributed by atoms with E-state index in [1.807, 2.05) is 19.2 Å². The second-order valence-electron chi connectivity index (χ2n) is 8.26. The molecule has 0 aliphatic carbocycles. The molecule has 0 bridgehead atoms. The van der Waals surface area contributed by atoms with Crippen molar-refractivity contribution in [3.05, 3.63) is 23.8 Å². The largest absolute Gasteiger partial charge is 0.493 e. The van der Waals surface area contributed by atoms with Crippen LogP contribution < -0.4 is 14.8 Å². The molecule has 2 aliphatic rings. The molecule has 0 spiro atoms. The fourth-order valence-electron chi connectivity index (χ4n) is 3.98. The van der Waals surface area contributed by atoms with Crippen LogP contribution in [0.1, 0.15) is 32.3 Å². The maximum Gasteiger partial charge on any atom is 0.193 e. The Bertz CT molecular complexity index is 708. The van der Waals surface area contributed by atoms with E-state index in [0.717, 1.165) is 56.5 Å². The average Bonchev–Trinajstić information content (AvgIpc) is 3.29. The highest BCUT2D eigenvalue weighted by Crippen LogP contribution is 2.33. The number of nitrogens with one attached hydrogen (secondary N) is 1. The molecular formula is C22H36IN3O4. The molecule has 0 saturated carbocycles. The zero-order valence-electron chi connectivity index (χ0n) is 18.8. The van der Waals surface area contributed by atoms with Crippen molar-refractivity contribution in [1.29, 1.82) is 0 Å². The molecule has 8 heteroatoms. The average molecular weight is 533 g/mol. The summed E-state index contributed by atoms with van der Waals surface area (Å²) in [6, 6.07) is 6.10. The molecule has 1 aromatic rings. The third kappa shape index (κ3) is 5.91. The summed E-state index contributed by atoms with van der Waals surface area (Å²) in [6.45, 7) is 8.35. The number of aliphatic imine (C=N–C) groups is 1. The quantitative estimate of drug-likeness (QED) is 0.345. The lowest BCUT2D eigenvalue weighted by molar-refractivity contribution is -0.0817. The van der Waals surface area contributed by atoms with E-state index in [4.69, 9.17) is 18.9 Å². The number of methoxy groups -OCH3 is 2. The SMILES string of the molecule is CN=C(NCC(C)(C)c1ccc(OC)c(OC)c1)N1CCOC(C2CCCO2)C1.I. The molecule has 30 heavy (non-hydrogen) atoms. The summed E-state index contributed by atoms with van der Waals surface area (Å²) >= 11 is 0. The van der Waals surface area contributed by atoms with E-state index in [9.17, 15) is 0 Å². The highest BCUT2D eigenvalue weighted by atomic mass is 127. The summed E-state index contributed by atoms with van der Waals surface area (Å²) < 4.78 is 22.6. The molecule has 2 heterocycles. The van der Waals surface area contributed by atoms with Crippen LogP contribution >= 0.6 is 24.0 Å². The minimum atomic E-state index is -0.115. The molecule has 0 amide bonds. The smallest absolute Gasteiger partial charge is 0.193 e. The van der Waals surface area contributed by atoms with Crippen LogP contribution in [-0.2, 0) is 14.9 Å².